The van der Waals surface area contributed by atoms with E-state index in [1.54, 1.807) is 7.11 Å². The Labute approximate surface area is 145 Å². The summed E-state index contributed by atoms with van der Waals surface area (Å²) in [6.07, 6.45) is 0. The highest BCUT2D eigenvalue weighted by Gasteiger charge is 2.19. The number of nitrogens with one attached hydrogen (secondary N) is 1. The van der Waals surface area contributed by atoms with E-state index in [9.17, 15) is 5.11 Å². The van der Waals surface area contributed by atoms with Crippen molar-refractivity contribution < 1.29 is 9.84 Å². The van der Waals surface area contributed by atoms with Crippen molar-refractivity contribution in [1.82, 2.24) is 5.32 Å². The fourth-order valence-electron chi connectivity index (χ4n) is 2.57. The monoisotopic (exact) mass is 327 g/mol. The SMILES string of the molecule is COc1ccc(-c2cc(C(C)(C)C)cc(CNC(C)C)c2O)cc1. The van der Waals surface area contributed by atoms with Gasteiger partial charge in [0.2, 0.25) is 0 Å². The summed E-state index contributed by atoms with van der Waals surface area (Å²) in [7, 11) is 1.66. The number of rotatable bonds is 5. The molecule has 0 saturated heterocycles. The number of hydrogen-bond acceptors (Lipinski definition) is 3. The molecule has 0 aliphatic heterocycles. The molecule has 2 aromatic rings. The molecule has 2 N–H and O–H groups in total. The maximum absolute atomic E-state index is 10.8. The van der Waals surface area contributed by atoms with Gasteiger partial charge in [0.15, 0.2) is 0 Å². The van der Waals surface area contributed by atoms with Crippen LogP contribution in [0.15, 0.2) is 36.4 Å². The van der Waals surface area contributed by atoms with E-state index in [1.165, 1.54) is 5.56 Å². The number of aromatic hydroxyl groups is 1. The molecular formula is C21H29NO2. The Hall–Kier alpha value is -2.00. The topological polar surface area (TPSA) is 41.5 Å². The quantitative estimate of drug-likeness (QED) is 0.824. The van der Waals surface area contributed by atoms with Crippen LogP contribution in [0.1, 0.15) is 45.7 Å². The lowest BCUT2D eigenvalue weighted by atomic mass is 9.83. The zero-order valence-electron chi connectivity index (χ0n) is 15.6. The summed E-state index contributed by atoms with van der Waals surface area (Å²) < 4.78 is 5.23. The lowest BCUT2D eigenvalue weighted by Crippen LogP contribution is -2.22. The number of benzene rings is 2. The number of hydrogen-bond donors (Lipinski definition) is 2. The van der Waals surface area contributed by atoms with Crippen LogP contribution in [0.2, 0.25) is 0 Å². The fourth-order valence-corrected chi connectivity index (χ4v) is 2.57. The van der Waals surface area contributed by atoms with Crippen LogP contribution in [0, 0.1) is 0 Å². The molecule has 24 heavy (non-hydrogen) atoms. The van der Waals surface area contributed by atoms with Gasteiger partial charge in [0.25, 0.3) is 0 Å². The van der Waals surface area contributed by atoms with Crippen molar-refractivity contribution in [3.63, 3.8) is 0 Å². The molecule has 0 saturated carbocycles. The van der Waals surface area contributed by atoms with Crippen LogP contribution in [-0.2, 0) is 12.0 Å². The first-order chi connectivity index (χ1) is 11.2. The number of phenols is 1. The largest absolute Gasteiger partial charge is 0.507 e. The van der Waals surface area contributed by atoms with E-state index in [0.717, 1.165) is 22.4 Å². The van der Waals surface area contributed by atoms with E-state index in [-0.39, 0.29) is 5.41 Å². The molecule has 130 valence electrons. The van der Waals surface area contributed by atoms with Crippen LogP contribution in [0.4, 0.5) is 0 Å². The zero-order valence-corrected chi connectivity index (χ0v) is 15.6. The van der Waals surface area contributed by atoms with Crippen LogP contribution in [0.25, 0.3) is 11.1 Å². The molecule has 2 rings (SSSR count). The predicted molar refractivity (Wildman–Crippen MR) is 101 cm³/mol. The third kappa shape index (κ3) is 4.30. The maximum Gasteiger partial charge on any atom is 0.127 e. The van der Waals surface area contributed by atoms with Crippen molar-refractivity contribution in [2.45, 2.75) is 52.6 Å². The Morgan fingerprint density at radius 2 is 1.71 bits per heavy atom. The smallest absolute Gasteiger partial charge is 0.127 e. The van der Waals surface area contributed by atoms with Crippen LogP contribution < -0.4 is 10.1 Å². The average molecular weight is 327 g/mol. The number of ether oxygens (including phenoxy) is 1. The summed E-state index contributed by atoms with van der Waals surface area (Å²) in [6, 6.07) is 12.4. The van der Waals surface area contributed by atoms with Crippen molar-refractivity contribution in [1.29, 1.82) is 0 Å². The molecule has 2 aromatic carbocycles. The second-order valence-electron chi connectivity index (χ2n) is 7.55. The Balaban J connectivity index is 2.53. The molecule has 0 fully saturated rings. The highest BCUT2D eigenvalue weighted by atomic mass is 16.5. The van der Waals surface area contributed by atoms with Gasteiger partial charge in [-0.1, -0.05) is 52.8 Å². The number of methoxy groups -OCH3 is 1. The summed E-state index contributed by atoms with van der Waals surface area (Å²) >= 11 is 0. The fraction of sp³-hybridized carbons (Fsp3) is 0.429. The van der Waals surface area contributed by atoms with E-state index in [0.29, 0.717) is 18.3 Å². The molecule has 0 bridgehead atoms. The third-order valence-electron chi connectivity index (χ3n) is 4.16. The Kier molecular flexibility index (Phi) is 5.55. The predicted octanol–water partition coefficient (Wildman–Crippen LogP) is 4.86. The first-order valence-corrected chi connectivity index (χ1v) is 8.46. The van der Waals surface area contributed by atoms with Gasteiger partial charge in [-0.15, -0.1) is 0 Å². The Morgan fingerprint density at radius 1 is 1.08 bits per heavy atom. The minimum Gasteiger partial charge on any atom is -0.507 e. The molecule has 0 amide bonds. The highest BCUT2D eigenvalue weighted by molar-refractivity contribution is 5.73. The standard InChI is InChI=1S/C21H29NO2/c1-14(2)22-13-16-11-17(21(3,4)5)12-19(20(16)23)15-7-9-18(24-6)10-8-15/h7-12,14,22-23H,13H2,1-6H3. The summed E-state index contributed by atoms with van der Waals surface area (Å²) in [5.41, 5.74) is 4.02. The van der Waals surface area contributed by atoms with Crippen molar-refractivity contribution in [2.24, 2.45) is 0 Å². The van der Waals surface area contributed by atoms with Gasteiger partial charge in [-0.05, 0) is 34.7 Å². The Morgan fingerprint density at radius 3 is 2.21 bits per heavy atom. The van der Waals surface area contributed by atoms with E-state index in [2.05, 4.69) is 52.1 Å². The van der Waals surface area contributed by atoms with Crippen LogP contribution in [0.5, 0.6) is 11.5 Å². The maximum atomic E-state index is 10.8. The van der Waals surface area contributed by atoms with E-state index >= 15 is 0 Å². The van der Waals surface area contributed by atoms with Crippen LogP contribution >= 0.6 is 0 Å². The number of phenolic OH excluding ortho intramolecular Hbond substituents is 1. The lowest BCUT2D eigenvalue weighted by Gasteiger charge is -2.23. The normalized spacial score (nSPS) is 11.8. The molecule has 0 aliphatic rings. The highest BCUT2D eigenvalue weighted by Crippen LogP contribution is 2.37. The minimum absolute atomic E-state index is 0.0154. The summed E-state index contributed by atoms with van der Waals surface area (Å²) in [5, 5.41) is 14.2. The summed E-state index contributed by atoms with van der Waals surface area (Å²) in [4.78, 5) is 0. The third-order valence-corrected chi connectivity index (χ3v) is 4.16. The molecule has 0 radical (unpaired) electrons. The van der Waals surface area contributed by atoms with Gasteiger partial charge in [0, 0.05) is 23.7 Å². The molecule has 3 heteroatoms. The lowest BCUT2D eigenvalue weighted by molar-refractivity contribution is 0.415. The molecule has 0 spiro atoms. The molecule has 0 heterocycles. The van der Waals surface area contributed by atoms with Crippen molar-refractivity contribution in [3.05, 3.63) is 47.5 Å². The molecule has 0 aromatic heterocycles. The average Bonchev–Trinajstić information content (AvgIpc) is 2.53. The van der Waals surface area contributed by atoms with Crippen molar-refractivity contribution in [3.8, 4) is 22.6 Å². The van der Waals surface area contributed by atoms with Gasteiger partial charge >= 0.3 is 0 Å². The van der Waals surface area contributed by atoms with Gasteiger partial charge in [-0.25, -0.2) is 0 Å². The van der Waals surface area contributed by atoms with Crippen molar-refractivity contribution >= 4 is 0 Å². The zero-order chi connectivity index (χ0) is 17.9. The molecule has 0 aliphatic carbocycles. The second kappa shape index (κ2) is 7.27. The van der Waals surface area contributed by atoms with Gasteiger partial charge in [0.1, 0.15) is 11.5 Å². The van der Waals surface area contributed by atoms with Gasteiger partial charge in [-0.3, -0.25) is 0 Å². The van der Waals surface area contributed by atoms with Gasteiger partial charge in [-0.2, -0.15) is 0 Å². The first-order valence-electron chi connectivity index (χ1n) is 8.46. The molecule has 3 nitrogen and oxygen atoms in total. The van der Waals surface area contributed by atoms with E-state index < -0.39 is 0 Å². The molecular weight excluding hydrogens is 298 g/mol. The van der Waals surface area contributed by atoms with Gasteiger partial charge < -0.3 is 15.2 Å². The van der Waals surface area contributed by atoms with Crippen LogP contribution in [-0.4, -0.2) is 18.3 Å². The van der Waals surface area contributed by atoms with E-state index in [4.69, 9.17) is 4.74 Å². The molecule has 0 unspecified atom stereocenters. The van der Waals surface area contributed by atoms with Crippen molar-refractivity contribution in [2.75, 3.05) is 7.11 Å². The summed E-state index contributed by atoms with van der Waals surface area (Å²) in [6.45, 7) is 11.4. The molecule has 0 atom stereocenters. The van der Waals surface area contributed by atoms with E-state index in [1.807, 2.05) is 24.3 Å². The van der Waals surface area contributed by atoms with Crippen LogP contribution in [0.3, 0.4) is 0 Å². The Bertz CT molecular complexity index is 682. The summed E-state index contributed by atoms with van der Waals surface area (Å²) in [5.74, 6) is 1.16. The van der Waals surface area contributed by atoms with Gasteiger partial charge in [0.05, 0.1) is 7.11 Å². The first kappa shape index (κ1) is 18.3. The second-order valence-corrected chi connectivity index (χ2v) is 7.55. The minimum atomic E-state index is 0.0154.